The zero-order valence-corrected chi connectivity index (χ0v) is 17.2. The normalized spacial score (nSPS) is 13.4. The van der Waals surface area contributed by atoms with Crippen molar-refractivity contribution in [1.82, 2.24) is 24.5 Å². The maximum absolute atomic E-state index is 13.6. The molecule has 8 heteroatoms. The van der Waals surface area contributed by atoms with Crippen molar-refractivity contribution in [1.29, 1.82) is 0 Å². The summed E-state index contributed by atoms with van der Waals surface area (Å²) >= 11 is 0. The van der Waals surface area contributed by atoms with Crippen LogP contribution >= 0.6 is 0 Å². The van der Waals surface area contributed by atoms with Gasteiger partial charge in [0, 0.05) is 31.9 Å². The summed E-state index contributed by atoms with van der Waals surface area (Å²) in [6, 6.07) is 13.9. The van der Waals surface area contributed by atoms with Crippen molar-refractivity contribution in [2.75, 3.05) is 19.4 Å². The first-order chi connectivity index (χ1) is 15.0. The molecule has 156 valence electrons. The summed E-state index contributed by atoms with van der Waals surface area (Å²) < 4.78 is 15.2. The molecule has 0 radical (unpaired) electrons. The van der Waals surface area contributed by atoms with Crippen molar-refractivity contribution >= 4 is 17.4 Å². The van der Waals surface area contributed by atoms with Crippen molar-refractivity contribution in [3.63, 3.8) is 0 Å². The number of nitrogens with zero attached hydrogens (tertiary/aromatic N) is 5. The van der Waals surface area contributed by atoms with Gasteiger partial charge in [-0.15, -0.1) is 0 Å². The molecular weight excluding hydrogens is 395 g/mol. The van der Waals surface area contributed by atoms with Gasteiger partial charge in [-0.3, -0.25) is 4.79 Å². The van der Waals surface area contributed by atoms with E-state index in [2.05, 4.69) is 10.3 Å². The third-order valence-corrected chi connectivity index (χ3v) is 5.22. The quantitative estimate of drug-likeness (QED) is 0.535. The van der Waals surface area contributed by atoms with Gasteiger partial charge in [0.15, 0.2) is 0 Å². The van der Waals surface area contributed by atoms with E-state index in [1.54, 1.807) is 43.0 Å². The van der Waals surface area contributed by atoms with Crippen LogP contribution in [0.2, 0.25) is 0 Å². The molecule has 1 fully saturated rings. The molecule has 0 aliphatic heterocycles. The van der Waals surface area contributed by atoms with Gasteiger partial charge in [0.05, 0.1) is 16.8 Å². The lowest BCUT2D eigenvalue weighted by molar-refractivity contribution is 0.0819. The maximum atomic E-state index is 13.6. The van der Waals surface area contributed by atoms with Crippen LogP contribution in [0.3, 0.4) is 0 Å². The van der Waals surface area contributed by atoms with Crippen molar-refractivity contribution in [3.8, 4) is 22.5 Å². The number of halogens is 1. The molecule has 1 N–H and O–H groups in total. The summed E-state index contributed by atoms with van der Waals surface area (Å²) in [5, 5.41) is 8.08. The lowest BCUT2D eigenvalue weighted by Gasteiger charge is -2.11. The molecule has 7 nitrogen and oxygen atoms in total. The van der Waals surface area contributed by atoms with E-state index < -0.39 is 0 Å². The van der Waals surface area contributed by atoms with Gasteiger partial charge in [-0.05, 0) is 55.3 Å². The molecule has 1 aliphatic rings. The van der Waals surface area contributed by atoms with E-state index in [1.807, 2.05) is 18.2 Å². The summed E-state index contributed by atoms with van der Waals surface area (Å²) in [5.41, 5.74) is 3.97. The van der Waals surface area contributed by atoms with Crippen LogP contribution in [0.25, 0.3) is 28.0 Å². The molecule has 1 aromatic carbocycles. The number of benzene rings is 1. The standard InChI is InChI=1S/C23H21FN6O/c1-29(2)22(31)19-5-3-4-18-20(17-12-13-25-23(27-17)26-16-10-11-16)21(28-30(18)19)14-6-8-15(24)9-7-14/h3-9,12-13,16H,10-11H2,1-2H3,(H,25,26,27). The number of aromatic nitrogens is 4. The molecule has 3 aromatic heterocycles. The molecule has 31 heavy (non-hydrogen) atoms. The summed E-state index contributed by atoms with van der Waals surface area (Å²) in [7, 11) is 3.40. The first-order valence-corrected chi connectivity index (χ1v) is 10.1. The fraction of sp³-hybridized carbons (Fsp3) is 0.217. The van der Waals surface area contributed by atoms with Crippen molar-refractivity contribution in [3.05, 3.63) is 66.2 Å². The average Bonchev–Trinajstić information content (AvgIpc) is 3.49. The fourth-order valence-electron chi connectivity index (χ4n) is 3.50. The van der Waals surface area contributed by atoms with E-state index in [0.717, 1.165) is 29.5 Å². The largest absolute Gasteiger partial charge is 0.351 e. The number of nitrogens with one attached hydrogen (secondary N) is 1. The predicted molar refractivity (Wildman–Crippen MR) is 116 cm³/mol. The minimum Gasteiger partial charge on any atom is -0.351 e. The Morgan fingerprint density at radius 3 is 2.61 bits per heavy atom. The molecule has 0 saturated heterocycles. The Hall–Kier alpha value is -3.81. The van der Waals surface area contributed by atoms with Crippen molar-refractivity contribution in [2.45, 2.75) is 18.9 Å². The fourth-order valence-corrected chi connectivity index (χ4v) is 3.50. The third kappa shape index (κ3) is 3.61. The Morgan fingerprint density at radius 1 is 1.13 bits per heavy atom. The van der Waals surface area contributed by atoms with Gasteiger partial charge in [-0.2, -0.15) is 5.10 Å². The van der Waals surface area contributed by atoms with Gasteiger partial charge in [0.2, 0.25) is 5.95 Å². The Kier molecular flexibility index (Phi) is 4.62. The molecule has 0 spiro atoms. The Bertz CT molecular complexity index is 1280. The minimum atomic E-state index is -0.324. The van der Waals surface area contributed by atoms with E-state index >= 15 is 0 Å². The van der Waals surface area contributed by atoms with E-state index in [4.69, 9.17) is 10.1 Å². The number of hydrogen-bond acceptors (Lipinski definition) is 5. The van der Waals surface area contributed by atoms with Crippen molar-refractivity contribution < 1.29 is 9.18 Å². The summed E-state index contributed by atoms with van der Waals surface area (Å²) in [6.45, 7) is 0. The lowest BCUT2D eigenvalue weighted by Crippen LogP contribution is -2.24. The summed E-state index contributed by atoms with van der Waals surface area (Å²) in [4.78, 5) is 23.3. The summed E-state index contributed by atoms with van der Waals surface area (Å²) in [6.07, 6.45) is 3.93. The third-order valence-electron chi connectivity index (χ3n) is 5.22. The first-order valence-electron chi connectivity index (χ1n) is 10.1. The first kappa shape index (κ1) is 19.2. The van der Waals surface area contributed by atoms with Crippen LogP contribution in [0.1, 0.15) is 23.3 Å². The number of amides is 1. The second-order valence-electron chi connectivity index (χ2n) is 7.82. The highest BCUT2D eigenvalue weighted by atomic mass is 19.1. The predicted octanol–water partition coefficient (Wildman–Crippen LogP) is 3.87. The molecule has 1 saturated carbocycles. The second kappa shape index (κ2) is 7.46. The van der Waals surface area contributed by atoms with E-state index in [1.165, 1.54) is 17.0 Å². The molecule has 0 atom stereocenters. The number of rotatable bonds is 5. The molecule has 0 unspecified atom stereocenters. The smallest absolute Gasteiger partial charge is 0.272 e. The lowest BCUT2D eigenvalue weighted by atomic mass is 10.0. The molecule has 3 heterocycles. The van der Waals surface area contributed by atoms with Crippen LogP contribution < -0.4 is 5.32 Å². The van der Waals surface area contributed by atoms with Crippen LogP contribution in [-0.2, 0) is 0 Å². The topological polar surface area (TPSA) is 75.4 Å². The molecule has 0 bridgehead atoms. The number of carbonyl (C=O) groups excluding carboxylic acids is 1. The van der Waals surface area contributed by atoms with Gasteiger partial charge in [-0.1, -0.05) is 6.07 Å². The Balaban J connectivity index is 1.75. The number of hydrogen-bond donors (Lipinski definition) is 1. The molecule has 1 aliphatic carbocycles. The van der Waals surface area contributed by atoms with E-state index in [9.17, 15) is 9.18 Å². The maximum Gasteiger partial charge on any atom is 0.272 e. The highest BCUT2D eigenvalue weighted by Gasteiger charge is 2.24. The van der Waals surface area contributed by atoms with Gasteiger partial charge >= 0.3 is 0 Å². The van der Waals surface area contributed by atoms with Gasteiger partial charge < -0.3 is 10.2 Å². The van der Waals surface area contributed by atoms with E-state index in [0.29, 0.717) is 29.1 Å². The Labute approximate surface area is 178 Å². The van der Waals surface area contributed by atoms with Gasteiger partial charge in [-0.25, -0.2) is 18.9 Å². The van der Waals surface area contributed by atoms with Gasteiger partial charge in [0.1, 0.15) is 17.2 Å². The van der Waals surface area contributed by atoms with Crippen LogP contribution in [0.15, 0.2) is 54.7 Å². The van der Waals surface area contributed by atoms with E-state index in [-0.39, 0.29) is 11.7 Å². The van der Waals surface area contributed by atoms with Crippen molar-refractivity contribution in [2.24, 2.45) is 0 Å². The highest BCUT2D eigenvalue weighted by Crippen LogP contribution is 2.35. The Morgan fingerprint density at radius 2 is 1.90 bits per heavy atom. The second-order valence-corrected chi connectivity index (χ2v) is 7.82. The number of anilines is 1. The van der Waals surface area contributed by atoms with Crippen LogP contribution in [0.5, 0.6) is 0 Å². The molecular formula is C23H21FN6O. The summed E-state index contributed by atoms with van der Waals surface area (Å²) in [5.74, 6) is 0.0736. The zero-order chi connectivity index (χ0) is 21.5. The highest BCUT2D eigenvalue weighted by molar-refractivity contribution is 5.96. The monoisotopic (exact) mass is 416 g/mol. The molecule has 5 rings (SSSR count). The molecule has 4 aromatic rings. The number of pyridine rings is 1. The number of fused-ring (bicyclic) bond motifs is 1. The SMILES string of the molecule is CN(C)C(=O)c1cccc2c(-c3ccnc(NC4CC4)n3)c(-c3ccc(F)cc3)nn12. The van der Waals surface area contributed by atoms with Crippen LogP contribution in [0.4, 0.5) is 10.3 Å². The average molecular weight is 416 g/mol. The number of carbonyl (C=O) groups is 1. The molecule has 1 amide bonds. The zero-order valence-electron chi connectivity index (χ0n) is 17.2. The minimum absolute atomic E-state index is 0.163. The van der Waals surface area contributed by atoms with Crippen LogP contribution in [-0.4, -0.2) is 50.5 Å². The van der Waals surface area contributed by atoms with Crippen LogP contribution in [0, 0.1) is 5.82 Å². The van der Waals surface area contributed by atoms with Gasteiger partial charge in [0.25, 0.3) is 5.91 Å².